The minimum absolute atomic E-state index is 0.0948. The molecule has 0 unspecified atom stereocenters. The predicted molar refractivity (Wildman–Crippen MR) is 334 cm³/mol. The van der Waals surface area contributed by atoms with Crippen molar-refractivity contribution in [1.82, 2.24) is 29.9 Å². The van der Waals surface area contributed by atoms with Gasteiger partial charge in [-0.25, -0.2) is 9.97 Å². The van der Waals surface area contributed by atoms with Gasteiger partial charge in [0.25, 0.3) is 0 Å². The molecule has 0 fully saturated rings. The lowest BCUT2D eigenvalue weighted by Gasteiger charge is -2.26. The van der Waals surface area contributed by atoms with Crippen molar-refractivity contribution in [3.05, 3.63) is 178 Å². The molecule has 7 heterocycles. The summed E-state index contributed by atoms with van der Waals surface area (Å²) in [5.41, 5.74) is 24.5. The van der Waals surface area contributed by atoms with Crippen molar-refractivity contribution in [3.63, 3.8) is 0 Å². The van der Waals surface area contributed by atoms with E-state index in [1.807, 2.05) is 30.6 Å². The summed E-state index contributed by atoms with van der Waals surface area (Å²) in [4.78, 5) is 29.1. The molecule has 6 heteroatoms. The van der Waals surface area contributed by atoms with Gasteiger partial charge in [0.05, 0.1) is 34.2 Å². The van der Waals surface area contributed by atoms with E-state index in [9.17, 15) is 0 Å². The summed E-state index contributed by atoms with van der Waals surface area (Å²) in [5.74, 6) is 0. The minimum Gasteiger partial charge on any atom is -0.354 e. The molecule has 78 heavy (non-hydrogen) atoms. The topological polar surface area (TPSA) is 83.1 Å². The van der Waals surface area contributed by atoms with Gasteiger partial charge in [0.2, 0.25) is 0 Å². The first-order chi connectivity index (χ1) is 36.4. The van der Waals surface area contributed by atoms with Gasteiger partial charge in [0.15, 0.2) is 0 Å². The van der Waals surface area contributed by atoms with Crippen LogP contribution in [0, 0.1) is 0 Å². The average molecular weight is 1030 g/mol. The molecule has 0 amide bonds. The molecule has 0 saturated carbocycles. The SMILES string of the molecule is CC(C)(C)c1cc(-c2c3nc(c(-c4cc(C(C)(C)C)cc(C(C)(C)C)c4)c4ccc([nH]4)c(-c4cc(C(C)(C)C)cc(C(C)(C)C)c4)c4nc(cc5[nH]c2cc5-c2ccnc(-c5ccccn5)c2)C=C4)C=C3)cc(C(C)(C)C)c1. The van der Waals surface area contributed by atoms with Crippen LogP contribution >= 0.6 is 0 Å². The van der Waals surface area contributed by atoms with Crippen LogP contribution in [0.3, 0.4) is 0 Å². The van der Waals surface area contributed by atoms with Crippen LogP contribution in [0.25, 0.3) is 102 Å². The Labute approximate surface area is 464 Å². The van der Waals surface area contributed by atoms with Gasteiger partial charge in [-0.15, -0.1) is 0 Å². The number of fused-ring (bicyclic) bond motifs is 8. The van der Waals surface area contributed by atoms with E-state index in [1.54, 1.807) is 0 Å². The van der Waals surface area contributed by atoms with Crippen LogP contribution in [0.4, 0.5) is 0 Å². The number of hydrogen-bond donors (Lipinski definition) is 2. The van der Waals surface area contributed by atoms with Gasteiger partial charge in [-0.2, -0.15) is 0 Å². The summed E-state index contributed by atoms with van der Waals surface area (Å²) < 4.78 is 0. The third-order valence-electron chi connectivity index (χ3n) is 15.6. The van der Waals surface area contributed by atoms with Crippen LogP contribution in [0.1, 0.15) is 181 Å². The standard InChI is InChI=1S/C72H80N6/c1-67(2,3)47-31-44(32-48(38-47)68(4,5)6)64-56-23-22-53(75-56)41-61-54(43-28-30-74-62(37-43)55-21-19-20-29-73-55)42-63(78-61)66(46-35-51(71(13,14)15)40-52(36-46)72(16,17)18)60-27-26-59(77-60)65(58-25-24-57(64)76-58)45-33-49(69(7,8)9)39-50(34-45)70(10,11)12/h19-42,76,78H,1-18H3. The van der Waals surface area contributed by atoms with E-state index in [0.29, 0.717) is 0 Å². The van der Waals surface area contributed by atoms with Crippen molar-refractivity contribution in [2.45, 2.75) is 157 Å². The maximum Gasteiger partial charge on any atom is 0.0892 e. The minimum atomic E-state index is -0.118. The number of rotatable bonds is 5. The van der Waals surface area contributed by atoms with Crippen LogP contribution in [-0.4, -0.2) is 29.9 Å². The molecule has 398 valence electrons. The zero-order valence-corrected chi connectivity index (χ0v) is 49.6. The fourth-order valence-corrected chi connectivity index (χ4v) is 10.5. The van der Waals surface area contributed by atoms with Crippen LogP contribution in [0.5, 0.6) is 0 Å². The Balaban J connectivity index is 1.42. The molecule has 2 N–H and O–H groups in total. The van der Waals surface area contributed by atoms with Gasteiger partial charge < -0.3 is 9.97 Å². The highest BCUT2D eigenvalue weighted by Gasteiger charge is 2.28. The van der Waals surface area contributed by atoms with Crippen molar-refractivity contribution in [3.8, 4) is 55.9 Å². The first-order valence-corrected chi connectivity index (χ1v) is 27.9. The molecule has 0 aliphatic carbocycles. The highest BCUT2D eigenvalue weighted by atomic mass is 14.8. The number of nitrogens with zero attached hydrogens (tertiary/aromatic N) is 4. The predicted octanol–water partition coefficient (Wildman–Crippen LogP) is 19.6. The third-order valence-corrected chi connectivity index (χ3v) is 15.6. The summed E-state index contributed by atoms with van der Waals surface area (Å²) in [7, 11) is 0. The molecule has 0 atom stereocenters. The molecular formula is C72H80N6. The van der Waals surface area contributed by atoms with E-state index in [2.05, 4.69) is 250 Å². The normalized spacial score (nSPS) is 13.4. The van der Waals surface area contributed by atoms with Crippen LogP contribution < -0.4 is 0 Å². The summed E-state index contributed by atoms with van der Waals surface area (Å²) in [6.45, 7) is 41.6. The zero-order valence-electron chi connectivity index (χ0n) is 49.6. The molecule has 6 nitrogen and oxygen atoms in total. The van der Waals surface area contributed by atoms with Gasteiger partial charge in [-0.3, -0.25) is 9.97 Å². The summed E-state index contributed by atoms with van der Waals surface area (Å²) in [6, 6.07) is 40.8. The Hall–Kier alpha value is -7.44. The maximum absolute atomic E-state index is 5.85. The second-order valence-electron chi connectivity index (χ2n) is 28.1. The third kappa shape index (κ3) is 10.9. The van der Waals surface area contributed by atoms with E-state index >= 15 is 0 Å². The summed E-state index contributed by atoms with van der Waals surface area (Å²) >= 11 is 0. The molecule has 10 rings (SSSR count). The fourth-order valence-electron chi connectivity index (χ4n) is 10.5. The molecule has 0 saturated heterocycles. The van der Waals surface area contributed by atoms with Crippen molar-refractivity contribution < 1.29 is 0 Å². The van der Waals surface area contributed by atoms with Gasteiger partial charge in [-0.1, -0.05) is 185 Å². The van der Waals surface area contributed by atoms with Gasteiger partial charge in [0, 0.05) is 56.7 Å². The fraction of sp³-hybridized carbons (Fsp3) is 0.333. The highest BCUT2D eigenvalue weighted by Crippen LogP contribution is 2.44. The molecule has 8 bridgehead atoms. The number of aromatic nitrogens is 6. The van der Waals surface area contributed by atoms with E-state index in [4.69, 9.17) is 19.9 Å². The number of pyridine rings is 2. The average Bonchev–Trinajstić information content (AvgIpc) is 4.24. The van der Waals surface area contributed by atoms with Gasteiger partial charge in [0.1, 0.15) is 0 Å². The Bertz CT molecular complexity index is 3790. The Morgan fingerprint density at radius 3 is 1.13 bits per heavy atom. The van der Waals surface area contributed by atoms with Gasteiger partial charge in [-0.05, 0) is 161 Å². The maximum atomic E-state index is 5.85. The Morgan fingerprint density at radius 1 is 0.308 bits per heavy atom. The van der Waals surface area contributed by atoms with Crippen molar-refractivity contribution in [1.29, 1.82) is 0 Å². The molecule has 0 radical (unpaired) electrons. The van der Waals surface area contributed by atoms with Crippen LogP contribution in [0.2, 0.25) is 0 Å². The number of nitrogens with one attached hydrogen (secondary N) is 2. The van der Waals surface area contributed by atoms with E-state index in [1.165, 1.54) is 33.4 Å². The number of H-pyrrole nitrogens is 2. The number of hydrogen-bond acceptors (Lipinski definition) is 4. The molecule has 0 spiro atoms. The molecule has 5 aromatic heterocycles. The number of benzene rings is 3. The lowest BCUT2D eigenvalue weighted by atomic mass is 9.78. The molecular weight excluding hydrogens is 949 g/mol. The second-order valence-corrected chi connectivity index (χ2v) is 28.1. The second kappa shape index (κ2) is 19.2. The van der Waals surface area contributed by atoms with E-state index in [-0.39, 0.29) is 32.5 Å². The van der Waals surface area contributed by atoms with Crippen molar-refractivity contribution >= 4 is 46.4 Å². The van der Waals surface area contributed by atoms with E-state index < -0.39 is 0 Å². The monoisotopic (exact) mass is 1030 g/mol. The zero-order chi connectivity index (χ0) is 56.1. The van der Waals surface area contributed by atoms with Crippen molar-refractivity contribution in [2.75, 3.05) is 0 Å². The molecule has 3 aromatic carbocycles. The van der Waals surface area contributed by atoms with E-state index in [0.717, 1.165) is 101 Å². The Morgan fingerprint density at radius 2 is 0.705 bits per heavy atom. The summed E-state index contributed by atoms with van der Waals surface area (Å²) in [6.07, 6.45) is 12.5. The quantitative estimate of drug-likeness (QED) is 0.180. The number of aromatic amines is 2. The lowest BCUT2D eigenvalue weighted by molar-refractivity contribution is 0.568. The lowest BCUT2D eigenvalue weighted by Crippen LogP contribution is -2.16. The largest absolute Gasteiger partial charge is 0.354 e. The first kappa shape index (κ1) is 53.9. The van der Waals surface area contributed by atoms with Crippen molar-refractivity contribution in [2.24, 2.45) is 0 Å². The molecule has 2 aliphatic rings. The molecule has 2 aliphatic heterocycles. The van der Waals surface area contributed by atoms with Crippen LogP contribution in [0.15, 0.2) is 122 Å². The van der Waals surface area contributed by atoms with Crippen LogP contribution in [-0.2, 0) is 32.5 Å². The van der Waals surface area contributed by atoms with Gasteiger partial charge >= 0.3 is 0 Å². The highest BCUT2D eigenvalue weighted by molar-refractivity contribution is 6.00. The smallest absolute Gasteiger partial charge is 0.0892 e. The summed E-state index contributed by atoms with van der Waals surface area (Å²) in [5, 5.41) is 0. The first-order valence-electron chi connectivity index (χ1n) is 27.9. The Kier molecular flexibility index (Phi) is 13.3. The molecule has 8 aromatic rings.